The maximum Gasteiger partial charge on any atom is 0.0409 e. The van der Waals surface area contributed by atoms with Crippen LogP contribution in [0, 0.1) is 5.92 Å². The van der Waals surface area contributed by atoms with E-state index in [9.17, 15) is 0 Å². The SMILES string of the molecule is CC(C)CC(C)NC(C)c1cccc(Cl)c1. The summed E-state index contributed by atoms with van der Waals surface area (Å²) < 4.78 is 0. The highest BCUT2D eigenvalue weighted by Gasteiger charge is 2.10. The number of hydrogen-bond acceptors (Lipinski definition) is 1. The van der Waals surface area contributed by atoms with Crippen LogP contribution in [0.1, 0.15) is 45.7 Å². The molecule has 0 saturated carbocycles. The fourth-order valence-corrected chi connectivity index (χ4v) is 2.27. The van der Waals surface area contributed by atoms with E-state index in [4.69, 9.17) is 11.6 Å². The van der Waals surface area contributed by atoms with Crippen LogP contribution in [-0.4, -0.2) is 6.04 Å². The van der Waals surface area contributed by atoms with E-state index in [0.29, 0.717) is 12.1 Å². The molecule has 0 aliphatic carbocycles. The van der Waals surface area contributed by atoms with Crippen molar-refractivity contribution in [2.45, 2.75) is 46.2 Å². The molecule has 90 valence electrons. The predicted octanol–water partition coefficient (Wildman–Crippen LogP) is 4.43. The molecule has 2 unspecified atom stereocenters. The average Bonchev–Trinajstić information content (AvgIpc) is 2.16. The van der Waals surface area contributed by atoms with Crippen molar-refractivity contribution >= 4 is 11.6 Å². The van der Waals surface area contributed by atoms with E-state index in [1.807, 2.05) is 18.2 Å². The number of rotatable bonds is 5. The molecule has 0 aromatic heterocycles. The Morgan fingerprint density at radius 3 is 2.44 bits per heavy atom. The molecule has 0 aliphatic rings. The lowest BCUT2D eigenvalue weighted by Gasteiger charge is -2.21. The van der Waals surface area contributed by atoms with Crippen molar-refractivity contribution in [2.75, 3.05) is 0 Å². The van der Waals surface area contributed by atoms with E-state index in [1.165, 1.54) is 12.0 Å². The summed E-state index contributed by atoms with van der Waals surface area (Å²) in [6.45, 7) is 8.92. The Bertz CT molecular complexity index is 322. The summed E-state index contributed by atoms with van der Waals surface area (Å²) in [5.41, 5.74) is 1.25. The normalized spacial score (nSPS) is 15.1. The largest absolute Gasteiger partial charge is 0.308 e. The van der Waals surface area contributed by atoms with Crippen molar-refractivity contribution < 1.29 is 0 Å². The highest BCUT2D eigenvalue weighted by atomic mass is 35.5. The van der Waals surface area contributed by atoms with Gasteiger partial charge in [0.15, 0.2) is 0 Å². The van der Waals surface area contributed by atoms with Gasteiger partial charge in [0, 0.05) is 17.1 Å². The Morgan fingerprint density at radius 2 is 1.88 bits per heavy atom. The van der Waals surface area contributed by atoms with Crippen LogP contribution in [0.3, 0.4) is 0 Å². The highest BCUT2D eigenvalue weighted by Crippen LogP contribution is 2.18. The smallest absolute Gasteiger partial charge is 0.0409 e. The lowest BCUT2D eigenvalue weighted by molar-refractivity contribution is 0.407. The first-order valence-electron chi connectivity index (χ1n) is 6.00. The minimum atomic E-state index is 0.354. The van der Waals surface area contributed by atoms with E-state index in [1.54, 1.807) is 0 Å². The number of halogens is 1. The van der Waals surface area contributed by atoms with E-state index in [0.717, 1.165) is 10.9 Å². The van der Waals surface area contributed by atoms with Gasteiger partial charge in [0.25, 0.3) is 0 Å². The van der Waals surface area contributed by atoms with Gasteiger partial charge in [-0.3, -0.25) is 0 Å². The Kier molecular flexibility index (Phi) is 5.30. The number of hydrogen-bond donors (Lipinski definition) is 1. The van der Waals surface area contributed by atoms with E-state index in [2.05, 4.69) is 39.1 Å². The maximum atomic E-state index is 5.98. The summed E-state index contributed by atoms with van der Waals surface area (Å²) in [5, 5.41) is 4.40. The molecule has 1 aromatic carbocycles. The van der Waals surface area contributed by atoms with Crippen molar-refractivity contribution in [2.24, 2.45) is 5.92 Å². The molecule has 16 heavy (non-hydrogen) atoms. The van der Waals surface area contributed by atoms with Gasteiger partial charge < -0.3 is 5.32 Å². The van der Waals surface area contributed by atoms with Crippen molar-refractivity contribution in [1.29, 1.82) is 0 Å². The van der Waals surface area contributed by atoms with Crippen LogP contribution in [0.2, 0.25) is 5.02 Å². The lowest BCUT2D eigenvalue weighted by Crippen LogP contribution is -2.30. The van der Waals surface area contributed by atoms with E-state index >= 15 is 0 Å². The molecule has 0 bridgehead atoms. The fourth-order valence-electron chi connectivity index (χ4n) is 2.07. The van der Waals surface area contributed by atoms with Gasteiger partial charge in [-0.1, -0.05) is 37.6 Å². The highest BCUT2D eigenvalue weighted by molar-refractivity contribution is 6.30. The molecule has 1 nitrogen and oxygen atoms in total. The van der Waals surface area contributed by atoms with Gasteiger partial charge in [-0.05, 0) is 43.9 Å². The molecule has 0 amide bonds. The molecule has 0 heterocycles. The van der Waals surface area contributed by atoms with Crippen LogP contribution in [0.4, 0.5) is 0 Å². The molecule has 0 saturated heterocycles. The van der Waals surface area contributed by atoms with Gasteiger partial charge >= 0.3 is 0 Å². The predicted molar refractivity (Wildman–Crippen MR) is 71.9 cm³/mol. The van der Waals surface area contributed by atoms with Crippen molar-refractivity contribution in [3.8, 4) is 0 Å². The second-order valence-corrected chi connectivity index (χ2v) is 5.41. The van der Waals surface area contributed by atoms with Crippen LogP contribution in [0.25, 0.3) is 0 Å². The number of benzene rings is 1. The fraction of sp³-hybridized carbons (Fsp3) is 0.571. The minimum absolute atomic E-state index is 0.354. The monoisotopic (exact) mass is 239 g/mol. The molecule has 0 radical (unpaired) electrons. The van der Waals surface area contributed by atoms with Crippen LogP contribution in [0.5, 0.6) is 0 Å². The zero-order valence-electron chi connectivity index (χ0n) is 10.6. The van der Waals surface area contributed by atoms with Gasteiger partial charge in [-0.15, -0.1) is 0 Å². The Balaban J connectivity index is 2.55. The topological polar surface area (TPSA) is 12.0 Å². The number of nitrogens with one attached hydrogen (secondary N) is 1. The summed E-state index contributed by atoms with van der Waals surface area (Å²) in [7, 11) is 0. The van der Waals surface area contributed by atoms with Crippen LogP contribution in [0.15, 0.2) is 24.3 Å². The third-order valence-electron chi connectivity index (χ3n) is 2.71. The van der Waals surface area contributed by atoms with Crippen molar-refractivity contribution in [3.63, 3.8) is 0 Å². The molecule has 1 rings (SSSR count). The van der Waals surface area contributed by atoms with E-state index in [-0.39, 0.29) is 0 Å². The second kappa shape index (κ2) is 6.27. The third kappa shape index (κ3) is 4.54. The standard InChI is InChI=1S/C14H22ClN/c1-10(2)8-11(3)16-12(4)13-6-5-7-14(15)9-13/h5-7,9-12,16H,8H2,1-4H3. The minimum Gasteiger partial charge on any atom is -0.308 e. The molecule has 0 fully saturated rings. The lowest BCUT2D eigenvalue weighted by atomic mass is 10.0. The Labute approximate surface area is 104 Å². The third-order valence-corrected chi connectivity index (χ3v) is 2.94. The van der Waals surface area contributed by atoms with Crippen molar-refractivity contribution in [3.05, 3.63) is 34.9 Å². The zero-order valence-corrected chi connectivity index (χ0v) is 11.4. The van der Waals surface area contributed by atoms with Crippen LogP contribution >= 0.6 is 11.6 Å². The van der Waals surface area contributed by atoms with Gasteiger partial charge in [-0.2, -0.15) is 0 Å². The van der Waals surface area contributed by atoms with Crippen LogP contribution < -0.4 is 5.32 Å². The first-order chi connectivity index (χ1) is 7.49. The van der Waals surface area contributed by atoms with Gasteiger partial charge in [0.2, 0.25) is 0 Å². The summed E-state index contributed by atoms with van der Waals surface area (Å²) in [6, 6.07) is 8.95. The van der Waals surface area contributed by atoms with Gasteiger partial charge in [0.05, 0.1) is 0 Å². The zero-order chi connectivity index (χ0) is 12.1. The second-order valence-electron chi connectivity index (χ2n) is 4.97. The molecular formula is C14H22ClN. The molecule has 0 aliphatic heterocycles. The summed E-state index contributed by atoms with van der Waals surface area (Å²) in [5.74, 6) is 0.731. The summed E-state index contributed by atoms with van der Waals surface area (Å²) >= 11 is 5.98. The maximum absolute atomic E-state index is 5.98. The molecule has 0 spiro atoms. The molecule has 2 heteroatoms. The Morgan fingerprint density at radius 1 is 1.19 bits per heavy atom. The van der Waals surface area contributed by atoms with Gasteiger partial charge in [-0.25, -0.2) is 0 Å². The van der Waals surface area contributed by atoms with Crippen LogP contribution in [-0.2, 0) is 0 Å². The summed E-state index contributed by atoms with van der Waals surface area (Å²) in [4.78, 5) is 0. The van der Waals surface area contributed by atoms with E-state index < -0.39 is 0 Å². The van der Waals surface area contributed by atoms with Gasteiger partial charge in [0.1, 0.15) is 0 Å². The first-order valence-corrected chi connectivity index (χ1v) is 6.38. The summed E-state index contributed by atoms with van der Waals surface area (Å²) in [6.07, 6.45) is 1.20. The van der Waals surface area contributed by atoms with Crippen molar-refractivity contribution in [1.82, 2.24) is 5.32 Å². The molecule has 1 aromatic rings. The molecule has 1 N–H and O–H groups in total. The quantitative estimate of drug-likeness (QED) is 0.802. The average molecular weight is 240 g/mol. The first kappa shape index (κ1) is 13.5. The Hall–Kier alpha value is -0.530. The molecule has 2 atom stereocenters. The molecular weight excluding hydrogens is 218 g/mol.